The van der Waals surface area contributed by atoms with Crippen molar-refractivity contribution < 1.29 is 0 Å². The highest BCUT2D eigenvalue weighted by Crippen LogP contribution is 2.21. The Morgan fingerprint density at radius 3 is 2.78 bits per heavy atom. The zero-order chi connectivity index (χ0) is 13.1. The van der Waals surface area contributed by atoms with Crippen LogP contribution < -0.4 is 10.9 Å². The molecule has 0 aromatic carbocycles. The average Bonchev–Trinajstić information content (AvgIpc) is 2.81. The van der Waals surface area contributed by atoms with Crippen LogP contribution in [-0.4, -0.2) is 15.8 Å². The van der Waals surface area contributed by atoms with Crippen LogP contribution in [0.1, 0.15) is 26.7 Å². The maximum atomic E-state index is 12.0. The van der Waals surface area contributed by atoms with Crippen molar-refractivity contribution in [2.24, 2.45) is 5.92 Å². The number of nitrogens with zero attached hydrogens (tertiary/aromatic N) is 2. The van der Waals surface area contributed by atoms with Gasteiger partial charge in [0.15, 0.2) is 0 Å². The van der Waals surface area contributed by atoms with Gasteiger partial charge in [0.05, 0.1) is 11.9 Å². The minimum absolute atomic E-state index is 0.221. The first-order chi connectivity index (χ1) is 8.58. The summed E-state index contributed by atoms with van der Waals surface area (Å²) in [6.45, 7) is 4.67. The predicted molar refractivity (Wildman–Crippen MR) is 74.1 cm³/mol. The Hall–Kier alpha value is -1.29. The number of nitrogens with one attached hydrogen (secondary N) is 1. The Balaban J connectivity index is 2.17. The third-order valence-electron chi connectivity index (χ3n) is 2.89. The molecule has 0 radical (unpaired) electrons. The zero-order valence-corrected chi connectivity index (χ0v) is 11.4. The van der Waals surface area contributed by atoms with Crippen molar-refractivity contribution in [1.29, 1.82) is 0 Å². The average molecular weight is 268 g/mol. The molecule has 1 aliphatic rings. The van der Waals surface area contributed by atoms with E-state index < -0.39 is 0 Å². The van der Waals surface area contributed by atoms with Gasteiger partial charge in [0.25, 0.3) is 5.56 Å². The molecule has 0 amide bonds. The first kappa shape index (κ1) is 13.1. The van der Waals surface area contributed by atoms with Crippen molar-refractivity contribution in [2.45, 2.75) is 39.3 Å². The molecule has 1 N–H and O–H groups in total. The molecule has 0 saturated heterocycles. The van der Waals surface area contributed by atoms with Crippen LogP contribution in [0.15, 0.2) is 23.1 Å². The van der Waals surface area contributed by atoms with Gasteiger partial charge in [0, 0.05) is 12.6 Å². The Kier molecular flexibility index (Phi) is 4.07. The second-order valence-corrected chi connectivity index (χ2v) is 5.42. The summed E-state index contributed by atoms with van der Waals surface area (Å²) in [6.07, 6.45) is 7.82. The lowest BCUT2D eigenvalue weighted by molar-refractivity contribution is 0.464. The molecule has 0 bridgehead atoms. The number of hydrogen-bond donors (Lipinski definition) is 1. The zero-order valence-electron chi connectivity index (χ0n) is 10.7. The monoisotopic (exact) mass is 267 g/mol. The number of halogens is 1. The second kappa shape index (κ2) is 5.57. The lowest BCUT2D eigenvalue weighted by atomic mass is 10.2. The van der Waals surface area contributed by atoms with E-state index in [0.29, 0.717) is 24.2 Å². The molecule has 18 heavy (non-hydrogen) atoms. The highest BCUT2D eigenvalue weighted by atomic mass is 35.5. The molecule has 0 fully saturated rings. The van der Waals surface area contributed by atoms with E-state index in [0.717, 1.165) is 12.8 Å². The van der Waals surface area contributed by atoms with Gasteiger partial charge in [-0.05, 0) is 18.8 Å². The van der Waals surface area contributed by atoms with Crippen LogP contribution in [0.3, 0.4) is 0 Å². The molecule has 0 unspecified atom stereocenters. The summed E-state index contributed by atoms with van der Waals surface area (Å²) >= 11 is 6.10. The first-order valence-electron chi connectivity index (χ1n) is 6.25. The van der Waals surface area contributed by atoms with Crippen LogP contribution in [-0.2, 0) is 6.54 Å². The van der Waals surface area contributed by atoms with Crippen molar-refractivity contribution >= 4 is 17.3 Å². The second-order valence-electron chi connectivity index (χ2n) is 5.04. The van der Waals surface area contributed by atoms with Gasteiger partial charge < -0.3 is 5.32 Å². The summed E-state index contributed by atoms with van der Waals surface area (Å²) in [7, 11) is 0. The third-order valence-corrected chi connectivity index (χ3v) is 3.26. The molecule has 2 rings (SSSR count). The maximum absolute atomic E-state index is 12.0. The number of hydrogen-bond acceptors (Lipinski definition) is 3. The summed E-state index contributed by atoms with van der Waals surface area (Å²) in [6, 6.07) is 0.324. The van der Waals surface area contributed by atoms with Crippen LogP contribution in [0, 0.1) is 5.92 Å². The Labute approximate surface area is 112 Å². The van der Waals surface area contributed by atoms with Gasteiger partial charge in [-0.1, -0.05) is 37.6 Å². The smallest absolute Gasteiger partial charge is 0.287 e. The van der Waals surface area contributed by atoms with Crippen molar-refractivity contribution in [1.82, 2.24) is 9.78 Å². The quantitative estimate of drug-likeness (QED) is 0.854. The highest BCUT2D eigenvalue weighted by molar-refractivity contribution is 6.32. The first-order valence-corrected chi connectivity index (χ1v) is 6.63. The molecule has 4 nitrogen and oxygen atoms in total. The summed E-state index contributed by atoms with van der Waals surface area (Å²) in [5.74, 6) is 0.365. The van der Waals surface area contributed by atoms with Gasteiger partial charge in [-0.2, -0.15) is 5.10 Å². The van der Waals surface area contributed by atoms with Crippen LogP contribution in [0.4, 0.5) is 5.69 Å². The van der Waals surface area contributed by atoms with Gasteiger partial charge in [0.2, 0.25) is 0 Å². The minimum atomic E-state index is -0.221. The van der Waals surface area contributed by atoms with Crippen molar-refractivity contribution in [3.63, 3.8) is 0 Å². The number of rotatable bonds is 4. The summed E-state index contributed by atoms with van der Waals surface area (Å²) in [5.41, 5.74) is 0.414. The molecule has 1 aromatic rings. The van der Waals surface area contributed by atoms with Crippen molar-refractivity contribution in [3.8, 4) is 0 Å². The van der Waals surface area contributed by atoms with Crippen LogP contribution >= 0.6 is 11.6 Å². The van der Waals surface area contributed by atoms with E-state index in [1.54, 1.807) is 6.20 Å². The number of aromatic nitrogens is 2. The van der Waals surface area contributed by atoms with E-state index in [1.807, 2.05) is 13.8 Å². The van der Waals surface area contributed by atoms with Gasteiger partial charge in [-0.25, -0.2) is 4.68 Å². The van der Waals surface area contributed by atoms with Gasteiger partial charge >= 0.3 is 0 Å². The summed E-state index contributed by atoms with van der Waals surface area (Å²) in [5, 5.41) is 7.65. The van der Waals surface area contributed by atoms with E-state index in [1.165, 1.54) is 4.68 Å². The largest absolute Gasteiger partial charge is 0.379 e. The molecule has 0 saturated carbocycles. The maximum Gasteiger partial charge on any atom is 0.287 e. The Morgan fingerprint density at radius 1 is 1.50 bits per heavy atom. The van der Waals surface area contributed by atoms with Gasteiger partial charge in [0.1, 0.15) is 5.02 Å². The van der Waals surface area contributed by atoms with Crippen LogP contribution in [0.25, 0.3) is 0 Å². The predicted octanol–water partition coefficient (Wildman–Crippen LogP) is 2.68. The van der Waals surface area contributed by atoms with E-state index in [4.69, 9.17) is 11.6 Å². The SMILES string of the molecule is CC(C)Cn1ncc(NC2CC=CC2)c(Cl)c1=O. The highest BCUT2D eigenvalue weighted by Gasteiger charge is 2.15. The minimum Gasteiger partial charge on any atom is -0.379 e. The molecule has 1 aliphatic carbocycles. The summed E-state index contributed by atoms with van der Waals surface area (Å²) in [4.78, 5) is 12.0. The molecule has 0 atom stereocenters. The van der Waals surface area contributed by atoms with E-state index in [9.17, 15) is 4.79 Å². The van der Waals surface area contributed by atoms with Crippen LogP contribution in [0.5, 0.6) is 0 Å². The summed E-state index contributed by atoms with van der Waals surface area (Å²) < 4.78 is 1.42. The third kappa shape index (κ3) is 2.93. The molecule has 0 spiro atoms. The molecular weight excluding hydrogens is 250 g/mol. The fourth-order valence-electron chi connectivity index (χ4n) is 2.00. The Bertz CT molecular complexity index is 499. The van der Waals surface area contributed by atoms with Crippen molar-refractivity contribution in [3.05, 3.63) is 33.7 Å². The van der Waals surface area contributed by atoms with E-state index >= 15 is 0 Å². The fourth-order valence-corrected chi connectivity index (χ4v) is 2.20. The normalized spacial score (nSPS) is 15.6. The number of anilines is 1. The molecule has 5 heteroatoms. The van der Waals surface area contributed by atoms with Crippen LogP contribution in [0.2, 0.25) is 5.02 Å². The molecule has 1 aromatic heterocycles. The lowest BCUT2D eigenvalue weighted by Gasteiger charge is -2.15. The molecular formula is C13H18ClN3O. The topological polar surface area (TPSA) is 46.9 Å². The molecule has 0 aliphatic heterocycles. The molecule has 1 heterocycles. The standard InChI is InChI=1S/C13H18ClN3O/c1-9(2)8-17-13(18)12(14)11(7-15-17)16-10-5-3-4-6-10/h3-4,7,9-10,16H,5-6,8H2,1-2H3. The van der Waals surface area contributed by atoms with Crippen molar-refractivity contribution in [2.75, 3.05) is 5.32 Å². The van der Waals surface area contributed by atoms with E-state index in [2.05, 4.69) is 22.6 Å². The molecule has 98 valence electrons. The fraction of sp³-hybridized carbons (Fsp3) is 0.538. The van der Waals surface area contributed by atoms with Gasteiger partial charge in [-0.15, -0.1) is 0 Å². The Morgan fingerprint density at radius 2 is 2.17 bits per heavy atom. The lowest BCUT2D eigenvalue weighted by Crippen LogP contribution is -2.27. The van der Waals surface area contributed by atoms with E-state index in [-0.39, 0.29) is 10.6 Å². The van der Waals surface area contributed by atoms with Gasteiger partial charge in [-0.3, -0.25) is 4.79 Å².